The minimum Gasteiger partial charge on any atom is -1.00 e. The third kappa shape index (κ3) is 6.05. The van der Waals surface area contributed by atoms with Crippen LogP contribution in [-0.4, -0.2) is 50.1 Å². The minimum absolute atomic E-state index is 0. The zero-order chi connectivity index (χ0) is 20.8. The summed E-state index contributed by atoms with van der Waals surface area (Å²) >= 11 is 1.50. The molecule has 1 aromatic heterocycles. The standard InChI is InChI=1S/C23H27N3O2S.ClH/c1-17-6-8-19(9-7-17)22(27)26(15-5-14-25(2)3)23-24-21(16-29-23)18-10-12-20(28-4)13-11-18;/h6-13,16H,5,14-15H2,1-4H3;1H/p-1. The molecule has 160 valence electrons. The van der Waals surface area contributed by atoms with Gasteiger partial charge in [0.1, 0.15) is 5.75 Å². The summed E-state index contributed by atoms with van der Waals surface area (Å²) in [4.78, 5) is 21.9. The van der Waals surface area contributed by atoms with Crippen molar-refractivity contribution >= 4 is 22.4 Å². The molecule has 0 saturated carbocycles. The number of carbonyl (C=O) groups excluding carboxylic acids is 1. The van der Waals surface area contributed by atoms with Gasteiger partial charge in [-0.1, -0.05) is 17.7 Å². The van der Waals surface area contributed by atoms with Gasteiger partial charge in [-0.25, -0.2) is 4.98 Å². The number of hydrogen-bond donors (Lipinski definition) is 0. The van der Waals surface area contributed by atoms with Crippen molar-refractivity contribution in [1.82, 2.24) is 9.88 Å². The number of carbonyl (C=O) groups is 1. The fourth-order valence-corrected chi connectivity index (χ4v) is 3.82. The van der Waals surface area contributed by atoms with E-state index in [0.29, 0.717) is 12.1 Å². The number of anilines is 1. The highest BCUT2D eigenvalue weighted by molar-refractivity contribution is 7.14. The highest BCUT2D eigenvalue weighted by Crippen LogP contribution is 2.29. The Balaban J connectivity index is 0.00000320. The number of methoxy groups -OCH3 is 1. The summed E-state index contributed by atoms with van der Waals surface area (Å²) in [6.45, 7) is 3.56. The predicted molar refractivity (Wildman–Crippen MR) is 120 cm³/mol. The van der Waals surface area contributed by atoms with E-state index in [0.717, 1.165) is 40.7 Å². The molecule has 5 nitrogen and oxygen atoms in total. The van der Waals surface area contributed by atoms with E-state index in [4.69, 9.17) is 9.72 Å². The number of aromatic nitrogens is 1. The van der Waals surface area contributed by atoms with Crippen LogP contribution in [-0.2, 0) is 0 Å². The van der Waals surface area contributed by atoms with Crippen LogP contribution >= 0.6 is 11.3 Å². The molecule has 0 fully saturated rings. The second-order valence-electron chi connectivity index (χ2n) is 7.22. The van der Waals surface area contributed by atoms with Gasteiger partial charge >= 0.3 is 0 Å². The highest BCUT2D eigenvalue weighted by atomic mass is 35.5. The zero-order valence-electron chi connectivity index (χ0n) is 17.8. The van der Waals surface area contributed by atoms with Crippen LogP contribution in [0.1, 0.15) is 22.3 Å². The van der Waals surface area contributed by atoms with Gasteiger partial charge in [0.15, 0.2) is 5.13 Å². The number of aryl methyl sites for hydroxylation is 1. The lowest BCUT2D eigenvalue weighted by molar-refractivity contribution is -0.0000140. The molecule has 0 unspecified atom stereocenters. The molecule has 0 radical (unpaired) electrons. The zero-order valence-corrected chi connectivity index (χ0v) is 19.3. The Bertz CT molecular complexity index is 940. The van der Waals surface area contributed by atoms with E-state index in [1.54, 1.807) is 12.0 Å². The van der Waals surface area contributed by atoms with E-state index >= 15 is 0 Å². The van der Waals surface area contributed by atoms with Gasteiger partial charge in [0.25, 0.3) is 5.91 Å². The maximum absolute atomic E-state index is 13.2. The van der Waals surface area contributed by atoms with Gasteiger partial charge in [-0.05, 0) is 70.4 Å². The molecule has 0 aliphatic rings. The maximum Gasteiger partial charge on any atom is 0.260 e. The Morgan fingerprint density at radius 3 is 2.30 bits per heavy atom. The van der Waals surface area contributed by atoms with Gasteiger partial charge in [-0.15, -0.1) is 11.3 Å². The first-order valence-corrected chi connectivity index (χ1v) is 10.5. The van der Waals surface area contributed by atoms with Gasteiger partial charge in [-0.2, -0.15) is 0 Å². The minimum atomic E-state index is -0.0145. The number of ether oxygens (including phenoxy) is 1. The van der Waals surface area contributed by atoms with Crippen LogP contribution in [0.3, 0.4) is 0 Å². The number of amides is 1. The van der Waals surface area contributed by atoms with Crippen LogP contribution in [0.4, 0.5) is 5.13 Å². The molecular formula is C23H27ClN3O2S-. The number of thiazole rings is 1. The SMILES string of the molecule is COc1ccc(-c2csc(N(CCCN(C)C)C(=O)c3ccc(C)cc3)n2)cc1.[Cl-]. The van der Waals surface area contributed by atoms with Crippen LogP contribution in [0.25, 0.3) is 11.3 Å². The third-order valence-corrected chi connectivity index (χ3v) is 5.50. The lowest BCUT2D eigenvalue weighted by Gasteiger charge is -2.21. The van der Waals surface area contributed by atoms with Crippen molar-refractivity contribution in [3.8, 4) is 17.0 Å². The molecule has 3 aromatic rings. The van der Waals surface area contributed by atoms with E-state index in [1.807, 2.05) is 74.9 Å². The molecule has 1 amide bonds. The first-order valence-electron chi connectivity index (χ1n) is 9.61. The molecule has 7 heteroatoms. The Hall–Kier alpha value is -2.41. The number of rotatable bonds is 8. The van der Waals surface area contributed by atoms with Crippen LogP contribution in [0.2, 0.25) is 0 Å². The average molecular weight is 445 g/mol. The molecule has 30 heavy (non-hydrogen) atoms. The van der Waals surface area contributed by atoms with Crippen molar-refractivity contribution in [2.24, 2.45) is 0 Å². The van der Waals surface area contributed by atoms with E-state index in [1.165, 1.54) is 11.3 Å². The number of halogens is 1. The summed E-state index contributed by atoms with van der Waals surface area (Å²) in [6, 6.07) is 15.5. The van der Waals surface area contributed by atoms with Crippen LogP contribution < -0.4 is 22.0 Å². The smallest absolute Gasteiger partial charge is 0.260 e. The molecular weight excluding hydrogens is 418 g/mol. The van der Waals surface area contributed by atoms with Gasteiger partial charge in [-0.3, -0.25) is 9.69 Å². The lowest BCUT2D eigenvalue weighted by atomic mass is 10.1. The van der Waals surface area contributed by atoms with Gasteiger partial charge in [0.2, 0.25) is 0 Å². The average Bonchev–Trinajstić information content (AvgIpc) is 3.21. The molecule has 0 N–H and O–H groups in total. The molecule has 0 spiro atoms. The van der Waals surface area contributed by atoms with Gasteiger partial charge in [0.05, 0.1) is 12.8 Å². The van der Waals surface area contributed by atoms with Crippen molar-refractivity contribution in [2.45, 2.75) is 13.3 Å². The van der Waals surface area contributed by atoms with Crippen molar-refractivity contribution in [1.29, 1.82) is 0 Å². The fraction of sp³-hybridized carbons (Fsp3) is 0.304. The van der Waals surface area contributed by atoms with Gasteiger partial charge < -0.3 is 22.0 Å². The Morgan fingerprint density at radius 1 is 1.03 bits per heavy atom. The van der Waals surface area contributed by atoms with Crippen LogP contribution in [0.15, 0.2) is 53.9 Å². The Kier molecular flexibility index (Phi) is 8.84. The summed E-state index contributed by atoms with van der Waals surface area (Å²) in [5.74, 6) is 0.795. The van der Waals surface area contributed by atoms with Gasteiger partial charge in [0, 0.05) is 23.1 Å². The Labute approximate surface area is 188 Å². The summed E-state index contributed by atoms with van der Waals surface area (Å²) in [7, 11) is 5.73. The van der Waals surface area contributed by atoms with Crippen LogP contribution in [0.5, 0.6) is 5.75 Å². The largest absolute Gasteiger partial charge is 1.00 e. The molecule has 1 heterocycles. The number of hydrogen-bond acceptors (Lipinski definition) is 5. The van der Waals surface area contributed by atoms with Crippen molar-refractivity contribution in [2.75, 3.05) is 39.2 Å². The first-order chi connectivity index (χ1) is 14.0. The van der Waals surface area contributed by atoms with Crippen LogP contribution in [0, 0.1) is 6.92 Å². The summed E-state index contributed by atoms with van der Waals surface area (Å²) in [5, 5.41) is 2.72. The maximum atomic E-state index is 13.2. The molecule has 0 aliphatic carbocycles. The second-order valence-corrected chi connectivity index (χ2v) is 8.06. The molecule has 2 aromatic carbocycles. The summed E-state index contributed by atoms with van der Waals surface area (Å²) in [6.07, 6.45) is 0.877. The van der Waals surface area contributed by atoms with E-state index < -0.39 is 0 Å². The normalized spacial score (nSPS) is 10.6. The number of nitrogens with zero attached hydrogens (tertiary/aromatic N) is 3. The predicted octanol–water partition coefficient (Wildman–Crippen LogP) is 1.73. The molecule has 3 rings (SSSR count). The van der Waals surface area contributed by atoms with Crippen molar-refractivity contribution in [3.05, 3.63) is 65.0 Å². The Morgan fingerprint density at radius 2 is 1.70 bits per heavy atom. The summed E-state index contributed by atoms with van der Waals surface area (Å²) in [5.41, 5.74) is 3.68. The highest BCUT2D eigenvalue weighted by Gasteiger charge is 2.21. The first kappa shape index (κ1) is 23.9. The lowest BCUT2D eigenvalue weighted by Crippen LogP contribution is -3.00. The number of benzene rings is 2. The quantitative estimate of drug-likeness (QED) is 0.531. The second kappa shape index (κ2) is 11.1. The molecule has 0 aliphatic heterocycles. The monoisotopic (exact) mass is 444 g/mol. The van der Waals surface area contributed by atoms with E-state index in [2.05, 4.69) is 4.90 Å². The fourth-order valence-electron chi connectivity index (χ4n) is 2.96. The van der Waals surface area contributed by atoms with E-state index in [9.17, 15) is 4.79 Å². The summed E-state index contributed by atoms with van der Waals surface area (Å²) < 4.78 is 5.23. The van der Waals surface area contributed by atoms with Crippen molar-refractivity contribution in [3.63, 3.8) is 0 Å². The van der Waals surface area contributed by atoms with Crippen molar-refractivity contribution < 1.29 is 21.9 Å². The molecule has 0 atom stereocenters. The van der Waals surface area contributed by atoms with E-state index in [-0.39, 0.29) is 18.3 Å². The third-order valence-electron chi connectivity index (χ3n) is 4.64. The molecule has 0 saturated heterocycles. The molecule has 0 bridgehead atoms. The topological polar surface area (TPSA) is 45.7 Å².